The molecule has 0 spiro atoms. The molecule has 0 unspecified atom stereocenters. The van der Waals surface area contributed by atoms with Gasteiger partial charge in [-0.2, -0.15) is 0 Å². The summed E-state index contributed by atoms with van der Waals surface area (Å²) in [7, 11) is 1.56. The van der Waals surface area contributed by atoms with Crippen molar-refractivity contribution >= 4 is 29.1 Å². The summed E-state index contributed by atoms with van der Waals surface area (Å²) >= 11 is 1.16. The van der Waals surface area contributed by atoms with Crippen LogP contribution in [0.1, 0.15) is 31.0 Å². The molecule has 0 saturated carbocycles. The summed E-state index contributed by atoms with van der Waals surface area (Å²) in [5, 5.41) is 11.1. The number of nitrogens with zero attached hydrogens (tertiary/aromatic N) is 3. The zero-order valence-electron chi connectivity index (χ0n) is 18.7. The van der Waals surface area contributed by atoms with Gasteiger partial charge in [-0.15, -0.1) is 0 Å². The molecule has 9 nitrogen and oxygen atoms in total. The molecule has 34 heavy (non-hydrogen) atoms. The second-order valence-corrected chi connectivity index (χ2v) is 8.44. The van der Waals surface area contributed by atoms with Crippen LogP contribution in [0.15, 0.2) is 69.6 Å². The van der Waals surface area contributed by atoms with Gasteiger partial charge in [-0.25, -0.2) is 9.79 Å². The standard InChI is InChI=1S/C24H21N3O6S/c1-4-33-23(29)20-14(2)25-24-26(21(20)16-8-10-18(32-3)11-9-16)22(28)19(34-24)13-15-6-5-7-17(12-15)27(30)31/h5-13,21H,4H2,1-3H3/b19-13+/t21-/m1/s1. The first kappa shape index (κ1) is 23.1. The molecule has 0 fully saturated rings. The molecular weight excluding hydrogens is 458 g/mol. The number of hydrogen-bond donors (Lipinski definition) is 0. The lowest BCUT2D eigenvalue weighted by molar-refractivity contribution is -0.384. The number of rotatable bonds is 6. The molecule has 3 aromatic rings. The highest BCUT2D eigenvalue weighted by atomic mass is 32.1. The number of carbonyl (C=O) groups excluding carboxylic acids is 1. The number of nitro groups is 1. The van der Waals surface area contributed by atoms with Gasteiger partial charge in [0, 0.05) is 12.1 Å². The molecule has 0 aliphatic carbocycles. The van der Waals surface area contributed by atoms with Crippen LogP contribution in [-0.2, 0) is 9.53 Å². The Balaban J connectivity index is 1.93. The Morgan fingerprint density at radius 2 is 2.00 bits per heavy atom. The van der Waals surface area contributed by atoms with Gasteiger partial charge in [0.05, 0.1) is 40.5 Å². The number of ether oxygens (including phenoxy) is 2. The summed E-state index contributed by atoms with van der Waals surface area (Å²) < 4.78 is 12.3. The average Bonchev–Trinajstić information content (AvgIpc) is 3.12. The highest BCUT2D eigenvalue weighted by Crippen LogP contribution is 2.31. The van der Waals surface area contributed by atoms with Gasteiger partial charge in [0.1, 0.15) is 5.75 Å². The van der Waals surface area contributed by atoms with Gasteiger partial charge in [0.2, 0.25) is 0 Å². The Kier molecular flexibility index (Phi) is 6.42. The van der Waals surface area contributed by atoms with E-state index in [0.717, 1.165) is 11.3 Å². The second-order valence-electron chi connectivity index (χ2n) is 7.43. The predicted octanol–water partition coefficient (Wildman–Crippen LogP) is 2.72. The predicted molar refractivity (Wildman–Crippen MR) is 126 cm³/mol. The number of aromatic nitrogens is 1. The first-order valence-electron chi connectivity index (χ1n) is 10.4. The Labute approximate surface area is 198 Å². The fraction of sp³-hybridized carbons (Fsp3) is 0.208. The zero-order chi connectivity index (χ0) is 24.4. The van der Waals surface area contributed by atoms with E-state index in [1.54, 1.807) is 63.4 Å². The van der Waals surface area contributed by atoms with E-state index >= 15 is 0 Å². The molecule has 2 aromatic carbocycles. The van der Waals surface area contributed by atoms with Crippen LogP contribution in [0.5, 0.6) is 5.75 Å². The molecule has 0 N–H and O–H groups in total. The number of nitro benzene ring substituents is 1. The highest BCUT2D eigenvalue weighted by Gasteiger charge is 2.33. The third-order valence-corrected chi connectivity index (χ3v) is 6.31. The van der Waals surface area contributed by atoms with Crippen molar-refractivity contribution in [1.82, 2.24) is 4.57 Å². The third-order valence-electron chi connectivity index (χ3n) is 5.33. The molecular formula is C24H21N3O6S. The molecule has 1 aliphatic rings. The highest BCUT2D eigenvalue weighted by molar-refractivity contribution is 7.07. The van der Waals surface area contributed by atoms with E-state index in [0.29, 0.717) is 31.9 Å². The van der Waals surface area contributed by atoms with Crippen LogP contribution in [0.25, 0.3) is 6.08 Å². The van der Waals surface area contributed by atoms with Crippen LogP contribution in [0, 0.1) is 10.1 Å². The minimum atomic E-state index is -0.742. The van der Waals surface area contributed by atoms with Crippen LogP contribution in [0.3, 0.4) is 0 Å². The van der Waals surface area contributed by atoms with Gasteiger partial charge in [-0.1, -0.05) is 35.6 Å². The topological polar surface area (TPSA) is 113 Å². The zero-order valence-corrected chi connectivity index (χ0v) is 19.5. The van der Waals surface area contributed by atoms with Crippen LogP contribution in [-0.4, -0.2) is 29.2 Å². The molecule has 10 heteroatoms. The van der Waals surface area contributed by atoms with Crippen molar-refractivity contribution in [3.63, 3.8) is 0 Å². The Morgan fingerprint density at radius 3 is 2.65 bits per heavy atom. The van der Waals surface area contributed by atoms with E-state index in [4.69, 9.17) is 9.47 Å². The average molecular weight is 480 g/mol. The fourth-order valence-electron chi connectivity index (χ4n) is 3.77. The summed E-state index contributed by atoms with van der Waals surface area (Å²) in [6.07, 6.45) is 1.59. The molecule has 2 heterocycles. The number of thiazole rings is 1. The van der Waals surface area contributed by atoms with E-state index in [-0.39, 0.29) is 23.4 Å². The largest absolute Gasteiger partial charge is 0.497 e. The summed E-state index contributed by atoms with van der Waals surface area (Å²) in [4.78, 5) is 42.0. The maximum absolute atomic E-state index is 13.5. The summed E-state index contributed by atoms with van der Waals surface area (Å²) in [5.41, 5.74) is 1.52. The van der Waals surface area contributed by atoms with Crippen LogP contribution in [0.4, 0.5) is 5.69 Å². The smallest absolute Gasteiger partial charge is 0.338 e. The van der Waals surface area contributed by atoms with Crippen molar-refractivity contribution < 1.29 is 19.2 Å². The van der Waals surface area contributed by atoms with E-state index < -0.39 is 16.9 Å². The molecule has 0 radical (unpaired) electrons. The second kappa shape index (κ2) is 9.44. The Bertz CT molecular complexity index is 1480. The molecule has 1 aliphatic heterocycles. The van der Waals surface area contributed by atoms with E-state index in [2.05, 4.69) is 4.99 Å². The normalized spacial score (nSPS) is 15.5. The fourth-order valence-corrected chi connectivity index (χ4v) is 4.82. The monoisotopic (exact) mass is 479 g/mol. The Morgan fingerprint density at radius 1 is 1.26 bits per heavy atom. The van der Waals surface area contributed by atoms with Crippen molar-refractivity contribution in [1.29, 1.82) is 0 Å². The maximum Gasteiger partial charge on any atom is 0.338 e. The maximum atomic E-state index is 13.5. The van der Waals surface area contributed by atoms with Crippen molar-refractivity contribution in [2.24, 2.45) is 4.99 Å². The minimum absolute atomic E-state index is 0.0712. The number of allylic oxidation sites excluding steroid dienone is 1. The van der Waals surface area contributed by atoms with Gasteiger partial charge in [-0.3, -0.25) is 19.5 Å². The lowest BCUT2D eigenvalue weighted by Gasteiger charge is -2.24. The quantitative estimate of drug-likeness (QED) is 0.305. The van der Waals surface area contributed by atoms with E-state index in [1.807, 2.05) is 0 Å². The summed E-state index contributed by atoms with van der Waals surface area (Å²) in [6.45, 7) is 3.60. The number of fused-ring (bicyclic) bond motifs is 1. The van der Waals surface area contributed by atoms with E-state index in [9.17, 15) is 19.7 Å². The molecule has 1 atom stereocenters. The van der Waals surface area contributed by atoms with Crippen molar-refractivity contribution in [2.75, 3.05) is 13.7 Å². The molecule has 0 saturated heterocycles. The molecule has 4 rings (SSSR count). The molecule has 0 amide bonds. The van der Waals surface area contributed by atoms with Crippen LogP contribution >= 0.6 is 11.3 Å². The third kappa shape index (κ3) is 4.27. The van der Waals surface area contributed by atoms with Crippen LogP contribution in [0.2, 0.25) is 0 Å². The van der Waals surface area contributed by atoms with Gasteiger partial charge in [0.15, 0.2) is 4.80 Å². The summed E-state index contributed by atoms with van der Waals surface area (Å²) in [6, 6.07) is 12.4. The number of esters is 1. The van der Waals surface area contributed by atoms with Gasteiger partial charge in [-0.05, 0) is 43.2 Å². The van der Waals surface area contributed by atoms with E-state index in [1.165, 1.54) is 16.7 Å². The van der Waals surface area contributed by atoms with Gasteiger partial charge < -0.3 is 9.47 Å². The van der Waals surface area contributed by atoms with Crippen molar-refractivity contribution in [3.05, 3.63) is 101 Å². The Hall–Kier alpha value is -4.05. The number of methoxy groups -OCH3 is 1. The first-order valence-corrected chi connectivity index (χ1v) is 11.2. The molecule has 174 valence electrons. The van der Waals surface area contributed by atoms with Crippen molar-refractivity contribution in [2.45, 2.75) is 19.9 Å². The summed E-state index contributed by atoms with van der Waals surface area (Å²) in [5.74, 6) is 0.0951. The number of carbonyl (C=O) groups is 1. The van der Waals surface area contributed by atoms with Crippen molar-refractivity contribution in [3.8, 4) is 5.75 Å². The first-order chi connectivity index (χ1) is 16.3. The minimum Gasteiger partial charge on any atom is -0.497 e. The van der Waals surface area contributed by atoms with Crippen LogP contribution < -0.4 is 19.6 Å². The lowest BCUT2D eigenvalue weighted by atomic mass is 9.96. The SMILES string of the molecule is CCOC(=O)C1=C(C)N=c2s/c(=C/c3cccc([N+](=O)[O-])c3)c(=O)n2[C@@H]1c1ccc(OC)cc1. The molecule has 1 aromatic heterocycles. The molecule has 0 bridgehead atoms. The number of hydrogen-bond acceptors (Lipinski definition) is 8. The van der Waals surface area contributed by atoms with Gasteiger partial charge in [0.25, 0.3) is 11.2 Å². The lowest BCUT2D eigenvalue weighted by Crippen LogP contribution is -2.39. The number of non-ortho nitro benzene ring substituents is 1. The number of benzene rings is 2. The van der Waals surface area contributed by atoms with Gasteiger partial charge >= 0.3 is 5.97 Å².